The number of benzene rings is 1. The molecule has 3 rings (SSSR count). The molecule has 2 aliphatic rings. The van der Waals surface area contributed by atoms with Gasteiger partial charge >= 0.3 is 0 Å². The minimum absolute atomic E-state index is 0.514. The van der Waals surface area contributed by atoms with Gasteiger partial charge in [0.1, 0.15) is 0 Å². The summed E-state index contributed by atoms with van der Waals surface area (Å²) in [6.07, 6.45) is 2.65. The summed E-state index contributed by atoms with van der Waals surface area (Å²) in [5, 5.41) is 0.772. The molecular formula is C14H20ClN3. The third kappa shape index (κ3) is 2.06. The second kappa shape index (κ2) is 4.63. The SMILES string of the molecule is CC1CN2CCCC2CN1c1ccc(N)cc1Cl. The normalized spacial score (nSPS) is 28.4. The molecular weight excluding hydrogens is 246 g/mol. The maximum absolute atomic E-state index is 6.34. The van der Waals surface area contributed by atoms with Crippen molar-refractivity contribution < 1.29 is 0 Å². The molecule has 0 spiro atoms. The molecule has 0 amide bonds. The number of fused-ring (bicyclic) bond motifs is 1. The monoisotopic (exact) mass is 265 g/mol. The van der Waals surface area contributed by atoms with E-state index in [9.17, 15) is 0 Å². The van der Waals surface area contributed by atoms with E-state index in [1.54, 1.807) is 0 Å². The summed E-state index contributed by atoms with van der Waals surface area (Å²) in [4.78, 5) is 5.06. The van der Waals surface area contributed by atoms with Crippen LogP contribution in [0.15, 0.2) is 18.2 Å². The molecule has 2 heterocycles. The lowest BCUT2D eigenvalue weighted by molar-refractivity contribution is 0.203. The number of nitrogens with zero attached hydrogens (tertiary/aromatic N) is 2. The standard InChI is InChI=1S/C14H20ClN3/c1-10-8-17-6-2-3-12(17)9-18(10)14-5-4-11(16)7-13(14)15/h4-5,7,10,12H,2-3,6,8-9,16H2,1H3. The molecule has 2 unspecified atom stereocenters. The van der Waals surface area contributed by atoms with Gasteiger partial charge in [-0.1, -0.05) is 11.6 Å². The Morgan fingerprint density at radius 2 is 2.17 bits per heavy atom. The van der Waals surface area contributed by atoms with E-state index in [1.807, 2.05) is 12.1 Å². The molecule has 2 saturated heterocycles. The number of nitrogen functional groups attached to an aromatic ring is 1. The Morgan fingerprint density at radius 3 is 2.94 bits per heavy atom. The Bertz CT molecular complexity index is 449. The highest BCUT2D eigenvalue weighted by Crippen LogP contribution is 2.33. The summed E-state index contributed by atoms with van der Waals surface area (Å²) in [7, 11) is 0. The number of halogens is 1. The van der Waals surface area contributed by atoms with Crippen molar-refractivity contribution in [2.45, 2.75) is 31.8 Å². The van der Waals surface area contributed by atoms with Crippen molar-refractivity contribution in [3.05, 3.63) is 23.2 Å². The number of nitrogens with two attached hydrogens (primary N) is 1. The van der Waals surface area contributed by atoms with Crippen LogP contribution in [0.5, 0.6) is 0 Å². The van der Waals surface area contributed by atoms with E-state index in [2.05, 4.69) is 22.8 Å². The fourth-order valence-corrected chi connectivity index (χ4v) is 3.58. The zero-order chi connectivity index (χ0) is 12.7. The van der Waals surface area contributed by atoms with Crippen molar-refractivity contribution in [2.75, 3.05) is 30.3 Å². The zero-order valence-electron chi connectivity index (χ0n) is 10.8. The number of hydrogen-bond acceptors (Lipinski definition) is 3. The molecule has 0 aromatic heterocycles. The van der Waals surface area contributed by atoms with E-state index >= 15 is 0 Å². The molecule has 1 aromatic rings. The lowest BCUT2D eigenvalue weighted by atomic mass is 10.1. The van der Waals surface area contributed by atoms with E-state index < -0.39 is 0 Å². The third-order valence-electron chi connectivity index (χ3n) is 4.22. The summed E-state index contributed by atoms with van der Waals surface area (Å²) in [5.41, 5.74) is 7.63. The lowest BCUT2D eigenvalue weighted by Gasteiger charge is -2.44. The van der Waals surface area contributed by atoms with Crippen LogP contribution in [0.1, 0.15) is 19.8 Å². The molecule has 4 heteroatoms. The Labute approximate surface area is 114 Å². The van der Waals surface area contributed by atoms with Crippen molar-refractivity contribution in [2.24, 2.45) is 0 Å². The summed E-state index contributed by atoms with van der Waals surface area (Å²) in [6, 6.07) is 7.06. The summed E-state index contributed by atoms with van der Waals surface area (Å²) in [6.45, 7) is 5.77. The van der Waals surface area contributed by atoms with E-state index in [0.717, 1.165) is 29.5 Å². The predicted octanol–water partition coefficient (Wildman–Crippen LogP) is 2.60. The Kier molecular flexibility index (Phi) is 3.12. The fraction of sp³-hybridized carbons (Fsp3) is 0.571. The van der Waals surface area contributed by atoms with Crippen molar-refractivity contribution in [3.8, 4) is 0 Å². The average molecular weight is 266 g/mol. The summed E-state index contributed by atoms with van der Waals surface area (Å²) in [5.74, 6) is 0. The molecule has 1 aromatic carbocycles. The highest BCUT2D eigenvalue weighted by Gasteiger charge is 2.34. The van der Waals surface area contributed by atoms with Gasteiger partial charge in [-0.25, -0.2) is 0 Å². The minimum atomic E-state index is 0.514. The third-order valence-corrected chi connectivity index (χ3v) is 4.52. The Morgan fingerprint density at radius 1 is 1.33 bits per heavy atom. The van der Waals surface area contributed by atoms with Crippen LogP contribution in [0.3, 0.4) is 0 Å². The molecule has 0 radical (unpaired) electrons. The van der Waals surface area contributed by atoms with Crippen LogP contribution in [-0.2, 0) is 0 Å². The molecule has 98 valence electrons. The van der Waals surface area contributed by atoms with Gasteiger partial charge < -0.3 is 10.6 Å². The largest absolute Gasteiger partial charge is 0.399 e. The molecule has 2 fully saturated rings. The Hall–Kier alpha value is -0.930. The topological polar surface area (TPSA) is 32.5 Å². The molecule has 0 saturated carbocycles. The maximum atomic E-state index is 6.34. The molecule has 2 aliphatic heterocycles. The first kappa shape index (κ1) is 12.1. The van der Waals surface area contributed by atoms with Crippen molar-refractivity contribution in [3.63, 3.8) is 0 Å². The first-order chi connectivity index (χ1) is 8.65. The van der Waals surface area contributed by atoms with Gasteiger partial charge in [0.2, 0.25) is 0 Å². The van der Waals surface area contributed by atoms with E-state index in [-0.39, 0.29) is 0 Å². The van der Waals surface area contributed by atoms with Gasteiger partial charge in [0.25, 0.3) is 0 Å². The van der Waals surface area contributed by atoms with Gasteiger partial charge in [-0.3, -0.25) is 4.90 Å². The minimum Gasteiger partial charge on any atom is -0.399 e. The van der Waals surface area contributed by atoms with Gasteiger partial charge in [-0.15, -0.1) is 0 Å². The number of rotatable bonds is 1. The quantitative estimate of drug-likeness (QED) is 0.793. The number of piperazine rings is 1. The molecule has 2 atom stereocenters. The van der Waals surface area contributed by atoms with Crippen LogP contribution in [-0.4, -0.2) is 36.6 Å². The zero-order valence-corrected chi connectivity index (χ0v) is 11.5. The van der Waals surface area contributed by atoms with Crippen molar-refractivity contribution in [1.82, 2.24) is 4.90 Å². The van der Waals surface area contributed by atoms with Crippen LogP contribution >= 0.6 is 11.6 Å². The van der Waals surface area contributed by atoms with Crippen LogP contribution in [0.2, 0.25) is 5.02 Å². The van der Waals surface area contributed by atoms with E-state index in [0.29, 0.717) is 12.1 Å². The lowest BCUT2D eigenvalue weighted by Crippen LogP contribution is -2.55. The summed E-state index contributed by atoms with van der Waals surface area (Å²) >= 11 is 6.34. The molecule has 3 nitrogen and oxygen atoms in total. The molecule has 0 aliphatic carbocycles. The maximum Gasteiger partial charge on any atom is 0.0660 e. The van der Waals surface area contributed by atoms with Crippen LogP contribution in [0.25, 0.3) is 0 Å². The van der Waals surface area contributed by atoms with Gasteiger partial charge in [0.15, 0.2) is 0 Å². The van der Waals surface area contributed by atoms with Gasteiger partial charge in [-0.05, 0) is 44.5 Å². The van der Waals surface area contributed by atoms with Gasteiger partial charge in [0.05, 0.1) is 10.7 Å². The van der Waals surface area contributed by atoms with Crippen molar-refractivity contribution in [1.29, 1.82) is 0 Å². The molecule has 0 bridgehead atoms. The van der Waals surface area contributed by atoms with Gasteiger partial charge in [0, 0.05) is 30.9 Å². The smallest absolute Gasteiger partial charge is 0.0660 e. The van der Waals surface area contributed by atoms with Crippen LogP contribution in [0.4, 0.5) is 11.4 Å². The first-order valence-corrected chi connectivity index (χ1v) is 7.08. The summed E-state index contributed by atoms with van der Waals surface area (Å²) < 4.78 is 0. The van der Waals surface area contributed by atoms with Crippen molar-refractivity contribution >= 4 is 23.0 Å². The highest BCUT2D eigenvalue weighted by molar-refractivity contribution is 6.33. The number of hydrogen-bond donors (Lipinski definition) is 1. The van der Waals surface area contributed by atoms with Crippen LogP contribution < -0.4 is 10.6 Å². The second-order valence-electron chi connectivity index (χ2n) is 5.50. The fourth-order valence-electron chi connectivity index (χ4n) is 3.28. The number of anilines is 2. The average Bonchev–Trinajstić information content (AvgIpc) is 2.75. The Balaban J connectivity index is 1.86. The second-order valence-corrected chi connectivity index (χ2v) is 5.91. The molecule has 2 N–H and O–H groups in total. The van der Waals surface area contributed by atoms with E-state index in [1.165, 1.54) is 19.4 Å². The van der Waals surface area contributed by atoms with Crippen LogP contribution in [0, 0.1) is 0 Å². The molecule has 18 heavy (non-hydrogen) atoms. The predicted molar refractivity (Wildman–Crippen MR) is 77.3 cm³/mol. The van der Waals surface area contributed by atoms with E-state index in [4.69, 9.17) is 17.3 Å². The van der Waals surface area contributed by atoms with Gasteiger partial charge in [-0.2, -0.15) is 0 Å². The first-order valence-electron chi connectivity index (χ1n) is 6.71. The highest BCUT2D eigenvalue weighted by atomic mass is 35.5.